The van der Waals surface area contributed by atoms with Crippen LogP contribution in [0.4, 0.5) is 5.69 Å². The molecule has 1 heterocycles. The number of amides is 1. The van der Waals surface area contributed by atoms with Crippen LogP contribution in [0.5, 0.6) is 5.75 Å². The molecule has 25 heavy (non-hydrogen) atoms. The van der Waals surface area contributed by atoms with Gasteiger partial charge in [0.05, 0.1) is 12.5 Å². The number of carbonyl (C=O) groups is 1. The van der Waals surface area contributed by atoms with Crippen LogP contribution in [0.2, 0.25) is 0 Å². The minimum absolute atomic E-state index is 0.185. The van der Waals surface area contributed by atoms with Crippen LogP contribution < -0.4 is 9.64 Å². The first-order valence-corrected chi connectivity index (χ1v) is 8.95. The number of anilines is 1. The lowest BCUT2D eigenvalue weighted by Gasteiger charge is -2.36. The third-order valence-electron chi connectivity index (χ3n) is 4.40. The topological polar surface area (TPSA) is 32.8 Å². The van der Waals surface area contributed by atoms with Crippen LogP contribution in [0.1, 0.15) is 19.4 Å². The molecule has 0 aliphatic carbocycles. The Morgan fingerprint density at radius 3 is 2.20 bits per heavy atom. The highest BCUT2D eigenvalue weighted by Gasteiger charge is 2.21. The molecule has 1 saturated heterocycles. The first kappa shape index (κ1) is 17.3. The fourth-order valence-corrected chi connectivity index (χ4v) is 3.10. The molecule has 3 rings (SSSR count). The van der Waals surface area contributed by atoms with Gasteiger partial charge in [0.15, 0.2) is 0 Å². The van der Waals surface area contributed by atoms with Gasteiger partial charge in [-0.05, 0) is 43.7 Å². The van der Waals surface area contributed by atoms with Crippen molar-refractivity contribution in [3.8, 4) is 5.75 Å². The van der Waals surface area contributed by atoms with Gasteiger partial charge >= 0.3 is 0 Å². The zero-order valence-electron chi connectivity index (χ0n) is 15.0. The average molecular weight is 338 g/mol. The van der Waals surface area contributed by atoms with E-state index in [-0.39, 0.29) is 12.0 Å². The second kappa shape index (κ2) is 8.06. The Labute approximate surface area is 150 Å². The Kier molecular flexibility index (Phi) is 5.59. The van der Waals surface area contributed by atoms with Crippen molar-refractivity contribution in [3.63, 3.8) is 0 Å². The lowest BCUT2D eigenvalue weighted by Crippen LogP contribution is -2.49. The second-order valence-corrected chi connectivity index (χ2v) is 6.69. The molecule has 0 bridgehead atoms. The number of nitrogens with zero attached hydrogens (tertiary/aromatic N) is 2. The molecule has 2 aromatic rings. The van der Waals surface area contributed by atoms with Crippen molar-refractivity contribution in [2.75, 3.05) is 31.1 Å². The predicted molar refractivity (Wildman–Crippen MR) is 101 cm³/mol. The molecule has 4 heteroatoms. The van der Waals surface area contributed by atoms with Crippen molar-refractivity contribution in [1.29, 1.82) is 0 Å². The minimum atomic E-state index is 0.185. The van der Waals surface area contributed by atoms with Crippen LogP contribution in [-0.2, 0) is 11.2 Å². The lowest BCUT2D eigenvalue weighted by atomic mass is 10.1. The molecule has 2 aromatic carbocycles. The van der Waals surface area contributed by atoms with Crippen molar-refractivity contribution in [3.05, 3.63) is 60.2 Å². The van der Waals surface area contributed by atoms with E-state index in [0.717, 1.165) is 37.5 Å². The zero-order chi connectivity index (χ0) is 17.6. The van der Waals surface area contributed by atoms with Crippen LogP contribution in [0.3, 0.4) is 0 Å². The van der Waals surface area contributed by atoms with Gasteiger partial charge in [-0.1, -0.05) is 30.3 Å². The molecule has 4 nitrogen and oxygen atoms in total. The van der Waals surface area contributed by atoms with E-state index in [9.17, 15) is 4.79 Å². The number of rotatable bonds is 5. The molecule has 0 aromatic heterocycles. The van der Waals surface area contributed by atoms with Gasteiger partial charge in [-0.25, -0.2) is 0 Å². The summed E-state index contributed by atoms with van der Waals surface area (Å²) in [5.74, 6) is 1.11. The molecule has 0 N–H and O–H groups in total. The summed E-state index contributed by atoms with van der Waals surface area (Å²) in [6.07, 6.45) is 0.673. The molecule has 1 amide bonds. The predicted octanol–water partition coefficient (Wildman–Crippen LogP) is 3.37. The summed E-state index contributed by atoms with van der Waals surface area (Å²) in [5, 5.41) is 0. The van der Waals surface area contributed by atoms with Gasteiger partial charge < -0.3 is 14.5 Å². The van der Waals surface area contributed by atoms with E-state index in [1.165, 1.54) is 5.69 Å². The quantitative estimate of drug-likeness (QED) is 0.838. The molecule has 132 valence electrons. The Morgan fingerprint density at radius 2 is 1.60 bits per heavy atom. The number of carbonyl (C=O) groups excluding carboxylic acids is 1. The minimum Gasteiger partial charge on any atom is -0.491 e. The maximum Gasteiger partial charge on any atom is 0.227 e. The highest BCUT2D eigenvalue weighted by Crippen LogP contribution is 2.21. The molecule has 0 spiro atoms. The van der Waals surface area contributed by atoms with E-state index in [0.29, 0.717) is 6.42 Å². The van der Waals surface area contributed by atoms with E-state index in [1.807, 2.05) is 61.2 Å². The lowest BCUT2D eigenvalue weighted by molar-refractivity contribution is -0.130. The van der Waals surface area contributed by atoms with Gasteiger partial charge in [-0.2, -0.15) is 0 Å². The van der Waals surface area contributed by atoms with Gasteiger partial charge in [0.25, 0.3) is 0 Å². The molecule has 1 fully saturated rings. The van der Waals surface area contributed by atoms with Gasteiger partial charge in [-0.3, -0.25) is 4.79 Å². The maximum absolute atomic E-state index is 12.4. The maximum atomic E-state index is 12.4. The Hall–Kier alpha value is -2.49. The fraction of sp³-hybridized carbons (Fsp3) is 0.381. The Bertz CT molecular complexity index is 675. The first-order valence-electron chi connectivity index (χ1n) is 8.95. The largest absolute Gasteiger partial charge is 0.491 e. The Balaban J connectivity index is 1.52. The van der Waals surface area contributed by atoms with Crippen molar-refractivity contribution in [1.82, 2.24) is 4.90 Å². The molecular weight excluding hydrogens is 312 g/mol. The number of piperazine rings is 1. The fourth-order valence-electron chi connectivity index (χ4n) is 3.10. The van der Waals surface area contributed by atoms with Crippen LogP contribution in [0, 0.1) is 0 Å². The van der Waals surface area contributed by atoms with E-state index in [2.05, 4.69) is 17.0 Å². The highest BCUT2D eigenvalue weighted by molar-refractivity contribution is 5.79. The van der Waals surface area contributed by atoms with Crippen LogP contribution in [0.15, 0.2) is 54.6 Å². The third-order valence-corrected chi connectivity index (χ3v) is 4.40. The summed E-state index contributed by atoms with van der Waals surface area (Å²) in [7, 11) is 0. The summed E-state index contributed by atoms with van der Waals surface area (Å²) in [4.78, 5) is 16.7. The van der Waals surface area contributed by atoms with Gasteiger partial charge in [0.2, 0.25) is 5.91 Å². The summed E-state index contributed by atoms with van der Waals surface area (Å²) < 4.78 is 5.69. The van der Waals surface area contributed by atoms with E-state index in [1.54, 1.807) is 0 Å². The van der Waals surface area contributed by atoms with E-state index in [4.69, 9.17) is 4.74 Å². The van der Waals surface area contributed by atoms with Crippen LogP contribution in [0.25, 0.3) is 0 Å². The summed E-state index contributed by atoms with van der Waals surface area (Å²) in [6, 6.07) is 18.2. The normalized spacial score (nSPS) is 14.7. The summed E-state index contributed by atoms with van der Waals surface area (Å²) in [6.45, 7) is 7.33. The number of hydrogen-bond acceptors (Lipinski definition) is 3. The highest BCUT2D eigenvalue weighted by atomic mass is 16.5. The molecular formula is C21H26N2O2. The Morgan fingerprint density at radius 1 is 0.960 bits per heavy atom. The van der Waals surface area contributed by atoms with Crippen LogP contribution in [-0.4, -0.2) is 43.1 Å². The van der Waals surface area contributed by atoms with Crippen molar-refractivity contribution < 1.29 is 9.53 Å². The van der Waals surface area contributed by atoms with Crippen LogP contribution >= 0.6 is 0 Å². The smallest absolute Gasteiger partial charge is 0.227 e. The number of hydrogen-bond donors (Lipinski definition) is 0. The van der Waals surface area contributed by atoms with Crippen molar-refractivity contribution >= 4 is 11.6 Å². The molecule has 0 atom stereocenters. The first-order chi connectivity index (χ1) is 12.1. The van der Waals surface area contributed by atoms with Gasteiger partial charge in [-0.15, -0.1) is 0 Å². The molecule has 1 aliphatic heterocycles. The van der Waals surface area contributed by atoms with Gasteiger partial charge in [0.1, 0.15) is 5.75 Å². The van der Waals surface area contributed by atoms with E-state index < -0.39 is 0 Å². The zero-order valence-corrected chi connectivity index (χ0v) is 15.0. The summed E-state index contributed by atoms with van der Waals surface area (Å²) >= 11 is 0. The number of ether oxygens (including phenoxy) is 1. The monoisotopic (exact) mass is 338 g/mol. The third kappa shape index (κ3) is 4.75. The van der Waals surface area contributed by atoms with Crippen molar-refractivity contribution in [2.45, 2.75) is 26.4 Å². The average Bonchev–Trinajstić information content (AvgIpc) is 2.63. The molecule has 0 saturated carbocycles. The molecule has 1 aliphatic rings. The molecule has 0 unspecified atom stereocenters. The standard InChI is InChI=1S/C21H26N2O2/c1-17(2)25-20-10-8-19(9-11-20)22-12-14-23(15-13-22)21(24)16-18-6-4-3-5-7-18/h3-11,17H,12-16H2,1-2H3. The molecule has 0 radical (unpaired) electrons. The number of benzene rings is 2. The summed E-state index contributed by atoms with van der Waals surface area (Å²) in [5.41, 5.74) is 2.27. The SMILES string of the molecule is CC(C)Oc1ccc(N2CCN(C(=O)Cc3ccccc3)CC2)cc1. The van der Waals surface area contributed by atoms with Crippen molar-refractivity contribution in [2.24, 2.45) is 0 Å². The second-order valence-electron chi connectivity index (χ2n) is 6.69. The van der Waals surface area contributed by atoms with E-state index >= 15 is 0 Å². The van der Waals surface area contributed by atoms with Gasteiger partial charge in [0, 0.05) is 31.9 Å².